The molecule has 0 N–H and O–H groups in total. The van der Waals surface area contributed by atoms with Crippen molar-refractivity contribution < 1.29 is 4.79 Å². The van der Waals surface area contributed by atoms with E-state index < -0.39 is 0 Å². The molecule has 2 aromatic rings. The number of ketones is 1. The molecule has 0 saturated heterocycles. The molecule has 0 aliphatic carbocycles. The lowest BCUT2D eigenvalue weighted by Gasteiger charge is -2.14. The second kappa shape index (κ2) is 6.51. The molecule has 0 spiro atoms. The summed E-state index contributed by atoms with van der Waals surface area (Å²) in [6, 6.07) is 16.9. The Morgan fingerprint density at radius 2 is 1.15 bits per heavy atom. The maximum atomic E-state index is 11.9. The molecule has 0 bridgehead atoms. The van der Waals surface area contributed by atoms with Gasteiger partial charge in [-0.05, 0) is 44.7 Å². The summed E-state index contributed by atoms with van der Waals surface area (Å²) >= 11 is 0. The molecule has 0 fully saturated rings. The van der Waals surface area contributed by atoms with Crippen LogP contribution in [-0.2, 0) is 17.6 Å². The van der Waals surface area contributed by atoms with E-state index in [1.165, 1.54) is 22.3 Å². The summed E-state index contributed by atoms with van der Waals surface area (Å²) in [5.74, 6) is 0.339. The molecule has 104 valence electrons. The molecule has 0 aromatic heterocycles. The molecule has 0 heterocycles. The molecule has 1 heteroatoms. The van der Waals surface area contributed by atoms with Crippen LogP contribution in [0.4, 0.5) is 0 Å². The number of Topliss-reactive ketones (excluding diaryl/α,β-unsaturated/α-hetero) is 1. The Morgan fingerprint density at radius 1 is 0.800 bits per heavy atom. The second-order valence-electron chi connectivity index (χ2n) is 5.69. The quantitative estimate of drug-likeness (QED) is 0.789. The zero-order valence-electron chi connectivity index (χ0n) is 12.5. The van der Waals surface area contributed by atoms with Crippen LogP contribution < -0.4 is 0 Å². The maximum Gasteiger partial charge on any atom is 0.133 e. The predicted octanol–water partition coefficient (Wildman–Crippen LogP) is 4.29. The van der Waals surface area contributed by atoms with Gasteiger partial charge in [0, 0.05) is 5.92 Å². The van der Waals surface area contributed by atoms with Crippen LogP contribution in [0.5, 0.6) is 0 Å². The minimum atomic E-state index is 0.0698. The topological polar surface area (TPSA) is 17.1 Å². The highest BCUT2D eigenvalue weighted by atomic mass is 16.1. The summed E-state index contributed by atoms with van der Waals surface area (Å²) < 4.78 is 0. The van der Waals surface area contributed by atoms with Crippen molar-refractivity contribution in [3.8, 4) is 0 Å². The van der Waals surface area contributed by atoms with Gasteiger partial charge >= 0.3 is 0 Å². The smallest absolute Gasteiger partial charge is 0.133 e. The number of rotatable bonds is 5. The average molecular weight is 266 g/mol. The van der Waals surface area contributed by atoms with Crippen molar-refractivity contribution in [3.05, 3.63) is 70.8 Å². The fourth-order valence-corrected chi connectivity index (χ4v) is 2.38. The third-order valence-corrected chi connectivity index (χ3v) is 3.78. The molecule has 0 amide bonds. The molecular weight excluding hydrogens is 244 g/mol. The second-order valence-corrected chi connectivity index (χ2v) is 5.69. The van der Waals surface area contributed by atoms with Gasteiger partial charge in [0.2, 0.25) is 0 Å². The van der Waals surface area contributed by atoms with Crippen LogP contribution in [0, 0.1) is 19.8 Å². The van der Waals surface area contributed by atoms with Gasteiger partial charge in [-0.25, -0.2) is 0 Å². The number of aryl methyl sites for hydroxylation is 2. The zero-order valence-corrected chi connectivity index (χ0v) is 12.5. The summed E-state index contributed by atoms with van der Waals surface area (Å²) in [5, 5.41) is 0. The molecule has 0 unspecified atom stereocenters. The van der Waals surface area contributed by atoms with Gasteiger partial charge in [-0.15, -0.1) is 0 Å². The van der Waals surface area contributed by atoms with E-state index in [9.17, 15) is 4.79 Å². The first-order valence-corrected chi connectivity index (χ1v) is 7.16. The fraction of sp³-hybridized carbons (Fsp3) is 0.316. The normalized spacial score (nSPS) is 10.8. The summed E-state index contributed by atoms with van der Waals surface area (Å²) in [6.07, 6.45) is 1.65. The lowest BCUT2D eigenvalue weighted by molar-refractivity contribution is -0.120. The van der Waals surface area contributed by atoms with E-state index in [-0.39, 0.29) is 11.7 Å². The van der Waals surface area contributed by atoms with Gasteiger partial charge in [-0.3, -0.25) is 4.79 Å². The van der Waals surface area contributed by atoms with Crippen LogP contribution in [0.1, 0.15) is 29.2 Å². The molecule has 0 radical (unpaired) electrons. The molecule has 0 aliphatic heterocycles. The Hall–Kier alpha value is -1.89. The molecule has 0 aliphatic rings. The number of benzene rings is 2. The lowest BCUT2D eigenvalue weighted by atomic mass is 9.89. The van der Waals surface area contributed by atoms with E-state index in [1.54, 1.807) is 6.92 Å². The van der Waals surface area contributed by atoms with E-state index >= 15 is 0 Å². The molecule has 0 saturated carbocycles. The number of hydrogen-bond donors (Lipinski definition) is 0. The summed E-state index contributed by atoms with van der Waals surface area (Å²) in [4.78, 5) is 11.9. The van der Waals surface area contributed by atoms with E-state index in [4.69, 9.17) is 0 Å². The molecule has 0 atom stereocenters. The van der Waals surface area contributed by atoms with Crippen molar-refractivity contribution in [1.29, 1.82) is 0 Å². The Bertz CT molecular complexity index is 516. The largest absolute Gasteiger partial charge is 0.300 e. The van der Waals surface area contributed by atoms with E-state index in [2.05, 4.69) is 62.4 Å². The summed E-state index contributed by atoms with van der Waals surface area (Å²) in [5.41, 5.74) is 4.99. The third kappa shape index (κ3) is 4.06. The van der Waals surface area contributed by atoms with Gasteiger partial charge in [0.05, 0.1) is 0 Å². The standard InChI is InChI=1S/C19H22O/c1-14-4-8-17(9-5-14)12-19(16(3)20)13-18-10-6-15(2)7-11-18/h4-11,19H,12-13H2,1-3H3. The van der Waals surface area contributed by atoms with Gasteiger partial charge < -0.3 is 0 Å². The Labute approximate surface area is 121 Å². The predicted molar refractivity (Wildman–Crippen MR) is 83.9 cm³/mol. The Kier molecular flexibility index (Phi) is 4.73. The maximum absolute atomic E-state index is 11.9. The lowest BCUT2D eigenvalue weighted by Crippen LogP contribution is -2.17. The van der Waals surface area contributed by atoms with Crippen molar-refractivity contribution in [2.45, 2.75) is 33.6 Å². The summed E-state index contributed by atoms with van der Waals surface area (Å²) in [6.45, 7) is 5.87. The van der Waals surface area contributed by atoms with Gasteiger partial charge in [-0.2, -0.15) is 0 Å². The SMILES string of the molecule is CC(=O)C(Cc1ccc(C)cc1)Cc1ccc(C)cc1. The molecule has 1 nitrogen and oxygen atoms in total. The van der Waals surface area contributed by atoms with E-state index in [0.717, 1.165) is 12.8 Å². The fourth-order valence-electron chi connectivity index (χ4n) is 2.38. The van der Waals surface area contributed by atoms with Gasteiger partial charge in [0.1, 0.15) is 5.78 Å². The minimum absolute atomic E-state index is 0.0698. The number of carbonyl (C=O) groups excluding carboxylic acids is 1. The van der Waals surface area contributed by atoms with Crippen LogP contribution in [0.3, 0.4) is 0 Å². The van der Waals surface area contributed by atoms with E-state index in [1.807, 2.05) is 0 Å². The van der Waals surface area contributed by atoms with Crippen molar-refractivity contribution in [3.63, 3.8) is 0 Å². The van der Waals surface area contributed by atoms with Gasteiger partial charge in [-0.1, -0.05) is 59.7 Å². The Morgan fingerprint density at radius 3 is 1.45 bits per heavy atom. The highest BCUT2D eigenvalue weighted by Gasteiger charge is 2.15. The molecule has 2 rings (SSSR count). The first kappa shape index (κ1) is 14.5. The van der Waals surface area contributed by atoms with Gasteiger partial charge in [0.25, 0.3) is 0 Å². The summed E-state index contributed by atoms with van der Waals surface area (Å²) in [7, 11) is 0. The van der Waals surface area contributed by atoms with Crippen molar-refractivity contribution in [2.24, 2.45) is 5.92 Å². The van der Waals surface area contributed by atoms with Crippen LogP contribution in [0.15, 0.2) is 48.5 Å². The number of hydrogen-bond acceptors (Lipinski definition) is 1. The molecular formula is C19H22O. The van der Waals surface area contributed by atoms with E-state index in [0.29, 0.717) is 0 Å². The van der Waals surface area contributed by atoms with Crippen molar-refractivity contribution in [1.82, 2.24) is 0 Å². The highest BCUT2D eigenvalue weighted by Crippen LogP contribution is 2.17. The minimum Gasteiger partial charge on any atom is -0.300 e. The Balaban J connectivity index is 2.09. The van der Waals surface area contributed by atoms with Crippen molar-refractivity contribution in [2.75, 3.05) is 0 Å². The molecule has 2 aromatic carbocycles. The average Bonchev–Trinajstić information content (AvgIpc) is 2.42. The molecule has 20 heavy (non-hydrogen) atoms. The van der Waals surface area contributed by atoms with Crippen molar-refractivity contribution >= 4 is 5.78 Å². The zero-order chi connectivity index (χ0) is 14.5. The first-order chi connectivity index (χ1) is 9.54. The number of carbonyl (C=O) groups is 1. The van der Waals surface area contributed by atoms with Crippen LogP contribution >= 0.6 is 0 Å². The van der Waals surface area contributed by atoms with Gasteiger partial charge in [0.15, 0.2) is 0 Å². The first-order valence-electron chi connectivity index (χ1n) is 7.16. The van der Waals surface area contributed by atoms with Crippen LogP contribution in [-0.4, -0.2) is 5.78 Å². The third-order valence-electron chi connectivity index (χ3n) is 3.78. The monoisotopic (exact) mass is 266 g/mol. The van der Waals surface area contributed by atoms with Crippen LogP contribution in [0.25, 0.3) is 0 Å². The highest BCUT2D eigenvalue weighted by molar-refractivity contribution is 5.79. The van der Waals surface area contributed by atoms with Crippen LogP contribution in [0.2, 0.25) is 0 Å².